The minimum absolute atomic E-state index is 0.00997. The van der Waals surface area contributed by atoms with Gasteiger partial charge in [0.05, 0.1) is 37.0 Å². The van der Waals surface area contributed by atoms with Crippen LogP contribution in [0, 0.1) is 24.0 Å². The van der Waals surface area contributed by atoms with E-state index in [1.807, 2.05) is 24.3 Å². The highest BCUT2D eigenvalue weighted by molar-refractivity contribution is 5.90. The Morgan fingerprint density at radius 2 is 2.14 bits per heavy atom. The maximum Gasteiger partial charge on any atom is 0.312 e. The first kappa shape index (κ1) is 20.1. The van der Waals surface area contributed by atoms with Crippen molar-refractivity contribution in [3.05, 3.63) is 63.7 Å². The van der Waals surface area contributed by atoms with Gasteiger partial charge < -0.3 is 10.1 Å². The molecule has 10 heteroatoms. The second kappa shape index (κ2) is 8.55. The Balaban J connectivity index is 1.56. The molecule has 0 saturated carbocycles. The molecule has 0 atom stereocenters. The summed E-state index contributed by atoms with van der Waals surface area (Å²) in [5, 5.41) is 22.2. The number of methoxy groups -OCH3 is 1. The SMILES string of the molecule is COc1cccc(Cn2cc(NC(=O)CCn3nc(C)c([N+](=O)[O-])c3C)cn2)c1. The van der Waals surface area contributed by atoms with Gasteiger partial charge in [-0.25, -0.2) is 0 Å². The Kier molecular flexibility index (Phi) is 5.91. The van der Waals surface area contributed by atoms with Crippen molar-refractivity contribution >= 4 is 17.3 Å². The number of hydrogen-bond donors (Lipinski definition) is 1. The number of ether oxygens (including phenoxy) is 1. The third kappa shape index (κ3) is 4.78. The van der Waals surface area contributed by atoms with Crippen LogP contribution in [0.5, 0.6) is 5.75 Å². The number of rotatable bonds is 8. The predicted octanol–water partition coefficient (Wildman–Crippen LogP) is 2.69. The van der Waals surface area contributed by atoms with Crippen molar-refractivity contribution < 1.29 is 14.5 Å². The van der Waals surface area contributed by atoms with Crippen LogP contribution in [-0.2, 0) is 17.9 Å². The van der Waals surface area contributed by atoms with Gasteiger partial charge in [-0.2, -0.15) is 10.2 Å². The quantitative estimate of drug-likeness (QED) is 0.460. The highest BCUT2D eigenvalue weighted by Crippen LogP contribution is 2.22. The van der Waals surface area contributed by atoms with E-state index >= 15 is 0 Å². The van der Waals surface area contributed by atoms with E-state index in [2.05, 4.69) is 15.5 Å². The molecule has 29 heavy (non-hydrogen) atoms. The zero-order valence-corrected chi connectivity index (χ0v) is 16.5. The fourth-order valence-corrected chi connectivity index (χ4v) is 3.07. The molecule has 0 spiro atoms. The van der Waals surface area contributed by atoms with Crippen LogP contribution in [0.25, 0.3) is 0 Å². The van der Waals surface area contributed by atoms with Crippen molar-refractivity contribution in [2.45, 2.75) is 33.4 Å². The molecule has 0 aliphatic carbocycles. The molecular weight excluding hydrogens is 376 g/mol. The minimum Gasteiger partial charge on any atom is -0.497 e. The number of carbonyl (C=O) groups is 1. The Morgan fingerprint density at radius 1 is 1.34 bits per heavy atom. The van der Waals surface area contributed by atoms with Crippen LogP contribution in [-0.4, -0.2) is 37.5 Å². The van der Waals surface area contributed by atoms with Crippen LogP contribution < -0.4 is 10.1 Å². The third-order valence-electron chi connectivity index (χ3n) is 4.47. The zero-order chi connectivity index (χ0) is 21.0. The summed E-state index contributed by atoms with van der Waals surface area (Å²) in [5.41, 5.74) is 2.37. The summed E-state index contributed by atoms with van der Waals surface area (Å²) in [4.78, 5) is 22.8. The summed E-state index contributed by atoms with van der Waals surface area (Å²) in [7, 11) is 1.62. The topological polar surface area (TPSA) is 117 Å². The predicted molar refractivity (Wildman–Crippen MR) is 106 cm³/mol. The molecule has 0 unspecified atom stereocenters. The lowest BCUT2D eigenvalue weighted by molar-refractivity contribution is -0.386. The van der Waals surface area contributed by atoms with E-state index in [0.29, 0.717) is 23.6 Å². The molecule has 10 nitrogen and oxygen atoms in total. The number of benzene rings is 1. The van der Waals surface area contributed by atoms with Crippen LogP contribution in [0.4, 0.5) is 11.4 Å². The fourth-order valence-electron chi connectivity index (χ4n) is 3.07. The van der Waals surface area contributed by atoms with Gasteiger partial charge in [-0.3, -0.25) is 24.3 Å². The Hall–Kier alpha value is -3.69. The van der Waals surface area contributed by atoms with Crippen molar-refractivity contribution in [3.63, 3.8) is 0 Å². The van der Waals surface area contributed by atoms with Gasteiger partial charge in [-0.05, 0) is 31.5 Å². The molecule has 2 heterocycles. The van der Waals surface area contributed by atoms with Gasteiger partial charge in [0.25, 0.3) is 0 Å². The smallest absolute Gasteiger partial charge is 0.312 e. The van der Waals surface area contributed by atoms with E-state index < -0.39 is 4.92 Å². The molecule has 1 N–H and O–H groups in total. The zero-order valence-electron chi connectivity index (χ0n) is 16.5. The Labute approximate surface area is 167 Å². The number of aryl methyl sites for hydroxylation is 2. The molecule has 0 aliphatic rings. The fraction of sp³-hybridized carbons (Fsp3) is 0.316. The van der Waals surface area contributed by atoms with Gasteiger partial charge >= 0.3 is 5.69 Å². The van der Waals surface area contributed by atoms with Crippen LogP contribution in [0.1, 0.15) is 23.4 Å². The summed E-state index contributed by atoms with van der Waals surface area (Å²) < 4.78 is 8.42. The number of nitrogens with one attached hydrogen (secondary N) is 1. The standard InChI is InChI=1S/C19H22N6O4/c1-13-19(25(27)28)14(2)24(22-13)8-7-18(26)21-16-10-20-23(12-16)11-15-5-4-6-17(9-15)29-3/h4-6,9-10,12H,7-8,11H2,1-3H3,(H,21,26). The lowest BCUT2D eigenvalue weighted by Gasteiger charge is -2.05. The third-order valence-corrected chi connectivity index (χ3v) is 4.47. The molecule has 0 fully saturated rings. The lowest BCUT2D eigenvalue weighted by atomic mass is 10.2. The van der Waals surface area contributed by atoms with E-state index in [1.54, 1.807) is 38.0 Å². The van der Waals surface area contributed by atoms with Crippen LogP contribution in [0.3, 0.4) is 0 Å². The number of anilines is 1. The number of aromatic nitrogens is 4. The van der Waals surface area contributed by atoms with Crippen molar-refractivity contribution in [1.82, 2.24) is 19.6 Å². The number of carbonyl (C=O) groups excluding carboxylic acids is 1. The first-order valence-electron chi connectivity index (χ1n) is 9.01. The van der Waals surface area contributed by atoms with Gasteiger partial charge in [0, 0.05) is 12.6 Å². The minimum atomic E-state index is -0.453. The molecule has 1 aromatic carbocycles. The van der Waals surface area contributed by atoms with Crippen molar-refractivity contribution in [2.24, 2.45) is 0 Å². The summed E-state index contributed by atoms with van der Waals surface area (Å²) in [6, 6.07) is 7.67. The molecule has 3 aromatic rings. The van der Waals surface area contributed by atoms with E-state index in [9.17, 15) is 14.9 Å². The van der Waals surface area contributed by atoms with Crippen molar-refractivity contribution in [2.75, 3.05) is 12.4 Å². The molecule has 0 radical (unpaired) electrons. The summed E-state index contributed by atoms with van der Waals surface area (Å²) in [6.07, 6.45) is 3.46. The molecule has 0 bridgehead atoms. The Bertz CT molecular complexity index is 1040. The molecule has 1 amide bonds. The first-order valence-corrected chi connectivity index (χ1v) is 9.01. The first-order chi connectivity index (χ1) is 13.9. The number of hydrogen-bond acceptors (Lipinski definition) is 6. The highest BCUT2D eigenvalue weighted by Gasteiger charge is 2.21. The maximum absolute atomic E-state index is 12.2. The number of amides is 1. The second-order valence-corrected chi connectivity index (χ2v) is 6.58. The molecule has 0 aliphatic heterocycles. The molecule has 152 valence electrons. The van der Waals surface area contributed by atoms with Gasteiger partial charge in [0.1, 0.15) is 17.1 Å². The van der Waals surface area contributed by atoms with Gasteiger partial charge in [-0.1, -0.05) is 12.1 Å². The average molecular weight is 398 g/mol. The van der Waals surface area contributed by atoms with Gasteiger partial charge in [0.2, 0.25) is 5.91 Å². The maximum atomic E-state index is 12.2. The molecule has 0 saturated heterocycles. The lowest BCUT2D eigenvalue weighted by Crippen LogP contribution is -2.15. The highest BCUT2D eigenvalue weighted by atomic mass is 16.6. The van der Waals surface area contributed by atoms with E-state index in [0.717, 1.165) is 11.3 Å². The van der Waals surface area contributed by atoms with Crippen LogP contribution in [0.2, 0.25) is 0 Å². The molecular formula is C19H22N6O4. The monoisotopic (exact) mass is 398 g/mol. The van der Waals surface area contributed by atoms with Crippen molar-refractivity contribution in [1.29, 1.82) is 0 Å². The van der Waals surface area contributed by atoms with E-state index in [-0.39, 0.29) is 24.6 Å². The summed E-state index contributed by atoms with van der Waals surface area (Å²) in [6.45, 7) is 4.00. The largest absolute Gasteiger partial charge is 0.497 e. The molecule has 3 rings (SSSR count). The number of nitrogens with zero attached hydrogens (tertiary/aromatic N) is 5. The number of nitro groups is 1. The van der Waals surface area contributed by atoms with Gasteiger partial charge in [-0.15, -0.1) is 0 Å². The second-order valence-electron chi connectivity index (χ2n) is 6.58. The summed E-state index contributed by atoms with van der Waals surface area (Å²) in [5.74, 6) is 0.550. The normalized spacial score (nSPS) is 10.7. The van der Waals surface area contributed by atoms with Crippen molar-refractivity contribution in [3.8, 4) is 5.75 Å². The van der Waals surface area contributed by atoms with Gasteiger partial charge in [0.15, 0.2) is 0 Å². The van der Waals surface area contributed by atoms with E-state index in [1.165, 1.54) is 4.68 Å². The summed E-state index contributed by atoms with van der Waals surface area (Å²) >= 11 is 0. The Morgan fingerprint density at radius 3 is 2.83 bits per heavy atom. The molecule has 2 aromatic heterocycles. The average Bonchev–Trinajstić information content (AvgIpc) is 3.23. The van der Waals surface area contributed by atoms with Crippen LogP contribution >= 0.6 is 0 Å². The van der Waals surface area contributed by atoms with Crippen LogP contribution in [0.15, 0.2) is 36.7 Å². The van der Waals surface area contributed by atoms with E-state index in [4.69, 9.17) is 4.74 Å².